The second-order valence-corrected chi connectivity index (χ2v) is 3.67. The van der Waals surface area contributed by atoms with Crippen molar-refractivity contribution in [3.05, 3.63) is 29.1 Å². The van der Waals surface area contributed by atoms with E-state index in [2.05, 4.69) is 0 Å². The Morgan fingerprint density at radius 3 is 2.75 bits per heavy atom. The Morgan fingerprint density at radius 2 is 2.19 bits per heavy atom. The standard InChI is InChI=1S/C11H14FNO3/c1-6-2-3-7(12)10(11(6)16)8(13)4-5-9(14)15/h2-3,8,16H,4-5,13H2,1H3,(H,14,15). The van der Waals surface area contributed by atoms with Crippen LogP contribution in [0.25, 0.3) is 0 Å². The van der Waals surface area contributed by atoms with Gasteiger partial charge in [-0.2, -0.15) is 0 Å². The van der Waals surface area contributed by atoms with E-state index in [0.717, 1.165) is 0 Å². The molecule has 0 fully saturated rings. The van der Waals surface area contributed by atoms with E-state index in [1.165, 1.54) is 12.1 Å². The zero-order valence-electron chi connectivity index (χ0n) is 8.90. The summed E-state index contributed by atoms with van der Waals surface area (Å²) in [4.78, 5) is 10.4. The van der Waals surface area contributed by atoms with E-state index in [9.17, 15) is 14.3 Å². The Bertz CT molecular complexity index is 406. The summed E-state index contributed by atoms with van der Waals surface area (Å²) in [5, 5.41) is 18.1. The topological polar surface area (TPSA) is 83.6 Å². The number of halogens is 1. The molecule has 0 spiro atoms. The van der Waals surface area contributed by atoms with Gasteiger partial charge in [0, 0.05) is 18.0 Å². The van der Waals surface area contributed by atoms with Crippen LogP contribution in [0.5, 0.6) is 5.75 Å². The van der Waals surface area contributed by atoms with E-state index in [1.807, 2.05) is 0 Å². The van der Waals surface area contributed by atoms with Crippen molar-refractivity contribution < 1.29 is 19.4 Å². The maximum Gasteiger partial charge on any atom is 0.303 e. The molecule has 0 heterocycles. The van der Waals surface area contributed by atoms with E-state index in [-0.39, 0.29) is 24.2 Å². The van der Waals surface area contributed by atoms with Crippen LogP contribution in [0.1, 0.15) is 30.0 Å². The van der Waals surface area contributed by atoms with Gasteiger partial charge in [0.05, 0.1) is 0 Å². The largest absolute Gasteiger partial charge is 0.507 e. The van der Waals surface area contributed by atoms with Gasteiger partial charge in [-0.15, -0.1) is 0 Å². The summed E-state index contributed by atoms with van der Waals surface area (Å²) >= 11 is 0. The van der Waals surface area contributed by atoms with Gasteiger partial charge >= 0.3 is 5.97 Å². The molecule has 0 aliphatic heterocycles. The van der Waals surface area contributed by atoms with Crippen molar-refractivity contribution in [3.8, 4) is 5.75 Å². The molecule has 4 nitrogen and oxygen atoms in total. The summed E-state index contributed by atoms with van der Waals surface area (Å²) in [6, 6.07) is 1.85. The van der Waals surface area contributed by atoms with Crippen molar-refractivity contribution in [2.75, 3.05) is 0 Å². The van der Waals surface area contributed by atoms with Crippen molar-refractivity contribution in [3.63, 3.8) is 0 Å². The smallest absolute Gasteiger partial charge is 0.303 e. The van der Waals surface area contributed by atoms with Crippen molar-refractivity contribution in [2.24, 2.45) is 5.73 Å². The Morgan fingerprint density at radius 1 is 1.56 bits per heavy atom. The minimum absolute atomic E-state index is 0.0127. The molecule has 0 aliphatic rings. The Balaban J connectivity index is 2.94. The van der Waals surface area contributed by atoms with Crippen molar-refractivity contribution in [1.82, 2.24) is 0 Å². The predicted molar refractivity (Wildman–Crippen MR) is 56.6 cm³/mol. The summed E-state index contributed by atoms with van der Waals surface area (Å²) in [6.45, 7) is 1.63. The van der Waals surface area contributed by atoms with Gasteiger partial charge in [0.2, 0.25) is 0 Å². The highest BCUT2D eigenvalue weighted by molar-refractivity contribution is 5.66. The average molecular weight is 227 g/mol. The summed E-state index contributed by atoms with van der Waals surface area (Å²) in [5.74, 6) is -1.80. The molecule has 1 rings (SSSR count). The SMILES string of the molecule is Cc1ccc(F)c(C(N)CCC(=O)O)c1O. The molecule has 1 unspecified atom stereocenters. The molecular formula is C11H14FNO3. The monoisotopic (exact) mass is 227 g/mol. The Hall–Kier alpha value is -1.62. The average Bonchev–Trinajstić information content (AvgIpc) is 2.21. The lowest BCUT2D eigenvalue weighted by molar-refractivity contribution is -0.137. The lowest BCUT2D eigenvalue weighted by Crippen LogP contribution is -2.14. The van der Waals surface area contributed by atoms with Crippen LogP contribution in [0, 0.1) is 12.7 Å². The summed E-state index contributed by atoms with van der Waals surface area (Å²) in [5.41, 5.74) is 6.15. The molecule has 0 radical (unpaired) electrons. The number of phenolic OH excluding ortho intramolecular Hbond substituents is 1. The minimum atomic E-state index is -0.997. The summed E-state index contributed by atoms with van der Waals surface area (Å²) in [7, 11) is 0. The molecule has 0 aliphatic carbocycles. The number of carboxylic acid groups (broad SMARTS) is 1. The van der Waals surface area contributed by atoms with E-state index in [4.69, 9.17) is 10.8 Å². The van der Waals surface area contributed by atoms with Gasteiger partial charge in [-0.3, -0.25) is 4.79 Å². The lowest BCUT2D eigenvalue weighted by Gasteiger charge is -2.14. The van der Waals surface area contributed by atoms with Crippen LogP contribution in [0.2, 0.25) is 0 Å². The van der Waals surface area contributed by atoms with E-state index < -0.39 is 17.8 Å². The van der Waals surface area contributed by atoms with Crippen molar-refractivity contribution in [2.45, 2.75) is 25.8 Å². The van der Waals surface area contributed by atoms with Gasteiger partial charge in [-0.1, -0.05) is 6.07 Å². The number of rotatable bonds is 4. The zero-order valence-corrected chi connectivity index (χ0v) is 8.90. The molecule has 0 saturated heterocycles. The second-order valence-electron chi connectivity index (χ2n) is 3.67. The first kappa shape index (κ1) is 12.4. The Labute approximate surface area is 92.5 Å². The number of hydrogen-bond donors (Lipinski definition) is 3. The van der Waals surface area contributed by atoms with Gasteiger partial charge < -0.3 is 15.9 Å². The first-order valence-electron chi connectivity index (χ1n) is 4.88. The number of nitrogens with two attached hydrogens (primary N) is 1. The molecule has 0 amide bonds. The van der Waals surface area contributed by atoms with Crippen LogP contribution in [0.15, 0.2) is 12.1 Å². The number of carboxylic acids is 1. The number of phenols is 1. The first-order chi connectivity index (χ1) is 7.43. The second kappa shape index (κ2) is 4.94. The number of carbonyl (C=O) groups is 1. The van der Waals surface area contributed by atoms with Gasteiger partial charge in [0.1, 0.15) is 11.6 Å². The molecule has 1 aromatic rings. The fraction of sp³-hybridized carbons (Fsp3) is 0.364. The van der Waals surface area contributed by atoms with Gasteiger partial charge in [-0.05, 0) is 25.0 Å². The third kappa shape index (κ3) is 2.70. The molecule has 0 aromatic heterocycles. The zero-order chi connectivity index (χ0) is 12.3. The molecule has 4 N–H and O–H groups in total. The highest BCUT2D eigenvalue weighted by Gasteiger charge is 2.18. The van der Waals surface area contributed by atoms with Crippen LogP contribution in [-0.4, -0.2) is 16.2 Å². The lowest BCUT2D eigenvalue weighted by atomic mass is 9.99. The van der Waals surface area contributed by atoms with Crippen molar-refractivity contribution >= 4 is 5.97 Å². The van der Waals surface area contributed by atoms with Crippen LogP contribution in [0.4, 0.5) is 4.39 Å². The quantitative estimate of drug-likeness (QED) is 0.731. The number of aromatic hydroxyl groups is 1. The third-order valence-electron chi connectivity index (χ3n) is 2.41. The van der Waals surface area contributed by atoms with Gasteiger partial charge in [0.25, 0.3) is 0 Å². The highest BCUT2D eigenvalue weighted by Crippen LogP contribution is 2.31. The van der Waals surface area contributed by atoms with Crippen LogP contribution >= 0.6 is 0 Å². The minimum Gasteiger partial charge on any atom is -0.507 e. The Kier molecular flexibility index (Phi) is 3.84. The molecule has 0 saturated carbocycles. The third-order valence-corrected chi connectivity index (χ3v) is 2.41. The summed E-state index contributed by atoms with van der Waals surface area (Å²) in [6.07, 6.45) is -0.0722. The fourth-order valence-electron chi connectivity index (χ4n) is 1.47. The van der Waals surface area contributed by atoms with Crippen LogP contribution in [-0.2, 0) is 4.79 Å². The molecule has 1 atom stereocenters. The van der Waals surface area contributed by atoms with Crippen LogP contribution in [0.3, 0.4) is 0 Å². The van der Waals surface area contributed by atoms with Crippen LogP contribution < -0.4 is 5.73 Å². The molecule has 0 bridgehead atoms. The molecule has 88 valence electrons. The fourth-order valence-corrected chi connectivity index (χ4v) is 1.47. The van der Waals surface area contributed by atoms with E-state index >= 15 is 0 Å². The number of benzene rings is 1. The number of aliphatic carboxylic acids is 1. The van der Waals surface area contributed by atoms with E-state index in [1.54, 1.807) is 6.92 Å². The molecule has 1 aromatic carbocycles. The number of aryl methyl sites for hydroxylation is 1. The molecule has 5 heteroatoms. The molecule has 16 heavy (non-hydrogen) atoms. The van der Waals surface area contributed by atoms with Crippen molar-refractivity contribution in [1.29, 1.82) is 0 Å². The summed E-state index contributed by atoms with van der Waals surface area (Å²) < 4.78 is 13.4. The maximum absolute atomic E-state index is 13.4. The maximum atomic E-state index is 13.4. The van der Waals surface area contributed by atoms with Gasteiger partial charge in [-0.25, -0.2) is 4.39 Å². The van der Waals surface area contributed by atoms with E-state index in [0.29, 0.717) is 5.56 Å². The predicted octanol–water partition coefficient (Wildman–Crippen LogP) is 1.70. The normalized spacial score (nSPS) is 12.4. The first-order valence-corrected chi connectivity index (χ1v) is 4.88. The highest BCUT2D eigenvalue weighted by atomic mass is 19.1. The van der Waals surface area contributed by atoms with Gasteiger partial charge in [0.15, 0.2) is 0 Å². The molecular weight excluding hydrogens is 213 g/mol. The number of hydrogen-bond acceptors (Lipinski definition) is 3.